The van der Waals surface area contributed by atoms with Crippen molar-refractivity contribution in [1.82, 2.24) is 10.6 Å². The molecule has 0 aromatic rings. The summed E-state index contributed by atoms with van der Waals surface area (Å²) in [6.07, 6.45) is 10.7. The topological polar surface area (TPSA) is 72.0 Å². The molecule has 28 heavy (non-hydrogen) atoms. The Morgan fingerprint density at radius 1 is 1.11 bits per heavy atom. The number of esters is 1. The Hall–Kier alpha value is -1.30. The maximum Gasteiger partial charge on any atom is 0.308 e. The van der Waals surface area contributed by atoms with E-state index in [-0.39, 0.29) is 11.9 Å². The summed E-state index contributed by atoms with van der Waals surface area (Å²) in [4.78, 5) is 16.7. The summed E-state index contributed by atoms with van der Waals surface area (Å²) in [6.45, 7) is 6.14. The van der Waals surface area contributed by atoms with Gasteiger partial charge in [-0.05, 0) is 58.8 Å². The zero-order valence-electron chi connectivity index (χ0n) is 17.5. The summed E-state index contributed by atoms with van der Waals surface area (Å²) in [5.74, 6) is 1.65. The van der Waals surface area contributed by atoms with Crippen LogP contribution in [-0.4, -0.2) is 49.9 Å². The summed E-state index contributed by atoms with van der Waals surface area (Å²) < 4.78 is 11.3. The summed E-state index contributed by atoms with van der Waals surface area (Å²) in [7, 11) is 0. The number of aliphatic imine (C=N–C) groups is 1. The maximum atomic E-state index is 12.0. The number of hydrogen-bond acceptors (Lipinski definition) is 4. The van der Waals surface area contributed by atoms with Gasteiger partial charge in [0.05, 0.1) is 18.6 Å². The monoisotopic (exact) mass is 391 g/mol. The number of carbonyl (C=O) groups excluding carboxylic acids is 1. The van der Waals surface area contributed by atoms with Gasteiger partial charge in [0.1, 0.15) is 0 Å². The molecule has 1 saturated heterocycles. The summed E-state index contributed by atoms with van der Waals surface area (Å²) in [6, 6.07) is 0.884. The third-order valence-electron chi connectivity index (χ3n) is 7.58. The number of nitrogens with one attached hydrogen (secondary N) is 2. The summed E-state index contributed by atoms with van der Waals surface area (Å²) in [5, 5.41) is 7.51. The van der Waals surface area contributed by atoms with Crippen molar-refractivity contribution in [3.63, 3.8) is 0 Å². The van der Waals surface area contributed by atoms with E-state index in [4.69, 9.17) is 14.5 Å². The Morgan fingerprint density at radius 3 is 2.54 bits per heavy atom. The molecule has 0 bridgehead atoms. The van der Waals surface area contributed by atoms with Crippen molar-refractivity contribution in [3.8, 4) is 0 Å². The van der Waals surface area contributed by atoms with Gasteiger partial charge in [-0.15, -0.1) is 0 Å². The predicted octanol–water partition coefficient (Wildman–Crippen LogP) is 3.01. The quantitative estimate of drug-likeness (QED) is 0.428. The average Bonchev–Trinajstić information content (AvgIpc) is 3.36. The third kappa shape index (κ3) is 3.64. The van der Waals surface area contributed by atoms with Crippen LogP contribution < -0.4 is 10.6 Å². The number of fused-ring (bicyclic) bond motifs is 2. The highest BCUT2D eigenvalue weighted by atomic mass is 16.5. The molecule has 3 aliphatic carbocycles. The zero-order chi connectivity index (χ0) is 19.6. The largest absolute Gasteiger partial charge is 0.466 e. The molecule has 6 nitrogen and oxygen atoms in total. The van der Waals surface area contributed by atoms with Crippen LogP contribution in [0.15, 0.2) is 4.99 Å². The molecule has 3 atom stereocenters. The first-order chi connectivity index (χ1) is 13.7. The van der Waals surface area contributed by atoms with Gasteiger partial charge in [0, 0.05) is 36.6 Å². The molecule has 1 heterocycles. The Labute approximate surface area is 169 Å². The fraction of sp³-hybridized carbons (Fsp3) is 0.909. The number of hydrogen-bond donors (Lipinski definition) is 2. The van der Waals surface area contributed by atoms with Crippen LogP contribution in [0.3, 0.4) is 0 Å². The van der Waals surface area contributed by atoms with Crippen molar-refractivity contribution >= 4 is 11.9 Å². The second-order valence-electron chi connectivity index (χ2n) is 9.07. The summed E-state index contributed by atoms with van der Waals surface area (Å²) >= 11 is 0. The van der Waals surface area contributed by atoms with Crippen LogP contribution in [-0.2, 0) is 14.3 Å². The average molecular weight is 392 g/mol. The first-order valence-electron chi connectivity index (χ1n) is 11.5. The minimum Gasteiger partial charge on any atom is -0.466 e. The van der Waals surface area contributed by atoms with Gasteiger partial charge in [-0.25, -0.2) is 0 Å². The Balaban J connectivity index is 1.34. The molecule has 6 heteroatoms. The second-order valence-corrected chi connectivity index (χ2v) is 9.07. The lowest BCUT2D eigenvalue weighted by Gasteiger charge is -2.57. The van der Waals surface area contributed by atoms with E-state index in [0.717, 1.165) is 44.8 Å². The van der Waals surface area contributed by atoms with Crippen LogP contribution in [0.2, 0.25) is 0 Å². The zero-order valence-corrected chi connectivity index (χ0v) is 17.5. The third-order valence-corrected chi connectivity index (χ3v) is 7.58. The standard InChI is InChI=1S/C22H37N3O3/c1-3-23-21(24-16-9-7-15(8-10-16)20(26)27-4-2)25-18-17-11-14-28-19(17)22(18)12-5-6-13-22/h15-19H,3-14H2,1-2H3,(H2,23,24,25). The Kier molecular flexibility index (Phi) is 6.14. The van der Waals surface area contributed by atoms with Crippen molar-refractivity contribution in [3.05, 3.63) is 0 Å². The fourth-order valence-electron chi connectivity index (χ4n) is 6.27. The number of nitrogens with zero attached hydrogens (tertiary/aromatic N) is 1. The second kappa shape index (κ2) is 8.60. The van der Waals surface area contributed by atoms with E-state index < -0.39 is 0 Å². The molecule has 0 aromatic carbocycles. The number of rotatable bonds is 5. The van der Waals surface area contributed by atoms with E-state index in [1.165, 1.54) is 32.1 Å². The van der Waals surface area contributed by atoms with E-state index >= 15 is 0 Å². The number of guanidine groups is 1. The molecule has 4 aliphatic rings. The lowest BCUT2D eigenvalue weighted by Crippen LogP contribution is -2.69. The lowest BCUT2D eigenvalue weighted by atomic mass is 9.54. The van der Waals surface area contributed by atoms with Crippen LogP contribution in [0, 0.1) is 17.3 Å². The van der Waals surface area contributed by atoms with Gasteiger partial charge < -0.3 is 20.1 Å². The summed E-state index contributed by atoms with van der Waals surface area (Å²) in [5.41, 5.74) is 0.332. The van der Waals surface area contributed by atoms with Gasteiger partial charge in [0.2, 0.25) is 0 Å². The minimum atomic E-state index is -0.0218. The van der Waals surface area contributed by atoms with Gasteiger partial charge in [-0.1, -0.05) is 12.8 Å². The van der Waals surface area contributed by atoms with Gasteiger partial charge in [-0.2, -0.15) is 0 Å². The highest BCUT2D eigenvalue weighted by molar-refractivity contribution is 5.81. The molecule has 0 amide bonds. The molecule has 4 rings (SSSR count). The first-order valence-corrected chi connectivity index (χ1v) is 11.5. The van der Waals surface area contributed by atoms with E-state index in [0.29, 0.717) is 36.1 Å². The van der Waals surface area contributed by atoms with Crippen LogP contribution in [0.4, 0.5) is 0 Å². The molecule has 158 valence electrons. The van der Waals surface area contributed by atoms with E-state index in [2.05, 4.69) is 17.6 Å². The predicted molar refractivity (Wildman–Crippen MR) is 109 cm³/mol. The van der Waals surface area contributed by atoms with Crippen molar-refractivity contribution in [2.45, 2.75) is 89.8 Å². The van der Waals surface area contributed by atoms with Gasteiger partial charge in [0.25, 0.3) is 0 Å². The van der Waals surface area contributed by atoms with E-state index in [9.17, 15) is 4.79 Å². The van der Waals surface area contributed by atoms with Crippen LogP contribution in [0.1, 0.15) is 71.6 Å². The molecule has 1 aliphatic heterocycles. The maximum absolute atomic E-state index is 12.0. The Morgan fingerprint density at radius 2 is 1.86 bits per heavy atom. The molecule has 1 spiro atoms. The highest BCUT2D eigenvalue weighted by Gasteiger charge is 2.65. The Bertz CT molecular complexity index is 580. The molecular formula is C22H37N3O3. The molecule has 4 fully saturated rings. The van der Waals surface area contributed by atoms with Gasteiger partial charge >= 0.3 is 5.97 Å². The van der Waals surface area contributed by atoms with Crippen LogP contribution >= 0.6 is 0 Å². The molecule has 0 aromatic heterocycles. The number of carbonyl (C=O) groups is 1. The van der Waals surface area contributed by atoms with Crippen molar-refractivity contribution in [1.29, 1.82) is 0 Å². The molecule has 3 unspecified atom stereocenters. The normalized spacial score (nSPS) is 36.6. The van der Waals surface area contributed by atoms with Crippen LogP contribution in [0.5, 0.6) is 0 Å². The van der Waals surface area contributed by atoms with E-state index in [1.807, 2.05) is 6.92 Å². The van der Waals surface area contributed by atoms with Crippen molar-refractivity contribution in [2.24, 2.45) is 22.2 Å². The molecular weight excluding hydrogens is 354 g/mol. The van der Waals surface area contributed by atoms with E-state index in [1.54, 1.807) is 0 Å². The van der Waals surface area contributed by atoms with Gasteiger partial charge in [-0.3, -0.25) is 9.79 Å². The molecule has 0 radical (unpaired) electrons. The van der Waals surface area contributed by atoms with Gasteiger partial charge in [0.15, 0.2) is 5.96 Å². The fourth-order valence-corrected chi connectivity index (χ4v) is 6.27. The number of ether oxygens (including phenoxy) is 2. The SMILES string of the molecule is CCN=C(NC1CCC(C(=O)OCC)CC1)NC1C2CCOC2C12CCCC2. The van der Waals surface area contributed by atoms with Crippen LogP contribution in [0.25, 0.3) is 0 Å². The van der Waals surface area contributed by atoms with Crippen molar-refractivity contribution < 1.29 is 14.3 Å². The minimum absolute atomic E-state index is 0.0218. The molecule has 2 N–H and O–H groups in total. The lowest BCUT2D eigenvalue weighted by molar-refractivity contribution is -0.149. The highest BCUT2D eigenvalue weighted by Crippen LogP contribution is 2.60. The smallest absolute Gasteiger partial charge is 0.308 e. The molecule has 3 saturated carbocycles. The first kappa shape index (κ1) is 20.0. The van der Waals surface area contributed by atoms with Crippen molar-refractivity contribution in [2.75, 3.05) is 19.8 Å².